The molecule has 0 fully saturated rings. The van der Waals surface area contributed by atoms with Crippen molar-refractivity contribution in [1.29, 1.82) is 0 Å². The number of halogens is 1. The number of ether oxygens (including phenoxy) is 1. The summed E-state index contributed by atoms with van der Waals surface area (Å²) in [6.45, 7) is 7.58. The molecule has 1 aromatic carbocycles. The average Bonchev–Trinajstić information content (AvgIpc) is 2.47. The topological polar surface area (TPSA) is 34.1 Å². The van der Waals surface area contributed by atoms with Crippen LogP contribution >= 0.6 is 11.6 Å². The van der Waals surface area contributed by atoms with E-state index in [9.17, 15) is 0 Å². The fourth-order valence-corrected chi connectivity index (χ4v) is 2.39. The summed E-state index contributed by atoms with van der Waals surface area (Å²) < 4.78 is 5.78. The van der Waals surface area contributed by atoms with E-state index in [-0.39, 0.29) is 6.04 Å². The Balaban J connectivity index is 2.06. The van der Waals surface area contributed by atoms with Gasteiger partial charge in [0.15, 0.2) is 0 Å². The summed E-state index contributed by atoms with van der Waals surface area (Å²) in [4.78, 5) is 4.32. The number of aromatic nitrogens is 1. The predicted molar refractivity (Wildman–Crippen MR) is 86.8 cm³/mol. The van der Waals surface area contributed by atoms with Gasteiger partial charge in [-0.25, -0.2) is 0 Å². The second kappa shape index (κ2) is 7.43. The molecule has 112 valence electrons. The lowest BCUT2D eigenvalue weighted by Gasteiger charge is -2.15. The molecule has 0 bridgehead atoms. The molecule has 1 aromatic heterocycles. The maximum absolute atomic E-state index is 6.31. The largest absolute Gasteiger partial charge is 0.486 e. The van der Waals surface area contributed by atoms with Gasteiger partial charge in [-0.05, 0) is 49.7 Å². The van der Waals surface area contributed by atoms with Gasteiger partial charge >= 0.3 is 0 Å². The van der Waals surface area contributed by atoms with Crippen molar-refractivity contribution >= 4 is 11.6 Å². The zero-order valence-corrected chi connectivity index (χ0v) is 13.4. The van der Waals surface area contributed by atoms with Crippen LogP contribution in [0.2, 0.25) is 5.02 Å². The highest BCUT2D eigenvalue weighted by Gasteiger charge is 2.09. The minimum absolute atomic E-state index is 0.277. The fraction of sp³-hybridized carbons (Fsp3) is 0.353. The van der Waals surface area contributed by atoms with E-state index in [0.717, 1.165) is 23.4 Å². The van der Waals surface area contributed by atoms with Crippen LogP contribution in [0.5, 0.6) is 5.75 Å². The second-order valence-electron chi connectivity index (χ2n) is 5.02. The van der Waals surface area contributed by atoms with Gasteiger partial charge < -0.3 is 10.1 Å². The van der Waals surface area contributed by atoms with Crippen LogP contribution in [0.3, 0.4) is 0 Å². The smallest absolute Gasteiger partial charge is 0.138 e. The number of benzene rings is 1. The molecule has 2 rings (SSSR count). The van der Waals surface area contributed by atoms with Gasteiger partial charge in [-0.3, -0.25) is 4.98 Å². The molecule has 0 aliphatic carbocycles. The number of hydrogen-bond donors (Lipinski definition) is 1. The van der Waals surface area contributed by atoms with Gasteiger partial charge in [-0.15, -0.1) is 0 Å². The van der Waals surface area contributed by atoms with E-state index in [0.29, 0.717) is 17.4 Å². The number of aryl methyl sites for hydroxylation is 1. The van der Waals surface area contributed by atoms with Crippen LogP contribution in [0, 0.1) is 6.92 Å². The van der Waals surface area contributed by atoms with Crippen molar-refractivity contribution in [1.82, 2.24) is 10.3 Å². The molecule has 1 N–H and O–H groups in total. The Bertz CT molecular complexity index is 601. The summed E-state index contributed by atoms with van der Waals surface area (Å²) in [5, 5.41) is 3.99. The first-order valence-electron chi connectivity index (χ1n) is 7.18. The van der Waals surface area contributed by atoms with Gasteiger partial charge in [0.1, 0.15) is 12.4 Å². The van der Waals surface area contributed by atoms with Crippen molar-refractivity contribution in [3.8, 4) is 5.75 Å². The molecule has 2 aromatic rings. The maximum Gasteiger partial charge on any atom is 0.138 e. The summed E-state index contributed by atoms with van der Waals surface area (Å²) in [5.74, 6) is 0.689. The van der Waals surface area contributed by atoms with Crippen molar-refractivity contribution < 1.29 is 4.74 Å². The Morgan fingerprint density at radius 3 is 2.81 bits per heavy atom. The minimum Gasteiger partial charge on any atom is -0.486 e. The number of pyridine rings is 1. The molecule has 0 spiro atoms. The Morgan fingerprint density at radius 2 is 2.14 bits per heavy atom. The fourth-order valence-electron chi connectivity index (χ4n) is 2.14. The molecule has 0 radical (unpaired) electrons. The van der Waals surface area contributed by atoms with Gasteiger partial charge in [0.05, 0.1) is 10.7 Å². The third-order valence-electron chi connectivity index (χ3n) is 3.45. The van der Waals surface area contributed by atoms with Crippen LogP contribution in [0.4, 0.5) is 0 Å². The van der Waals surface area contributed by atoms with Crippen LogP contribution in [0.1, 0.15) is 36.7 Å². The summed E-state index contributed by atoms with van der Waals surface area (Å²) in [6.07, 6.45) is 1.77. The molecule has 21 heavy (non-hydrogen) atoms. The lowest BCUT2D eigenvalue weighted by molar-refractivity contribution is 0.300. The zero-order valence-electron chi connectivity index (χ0n) is 12.7. The quantitative estimate of drug-likeness (QED) is 0.864. The normalized spacial score (nSPS) is 12.2. The van der Waals surface area contributed by atoms with E-state index < -0.39 is 0 Å². The van der Waals surface area contributed by atoms with Crippen molar-refractivity contribution in [2.24, 2.45) is 0 Å². The van der Waals surface area contributed by atoms with E-state index in [2.05, 4.69) is 24.1 Å². The monoisotopic (exact) mass is 304 g/mol. The van der Waals surface area contributed by atoms with E-state index in [1.807, 2.05) is 37.3 Å². The Kier molecular flexibility index (Phi) is 5.59. The Labute approximate surface area is 131 Å². The minimum atomic E-state index is 0.277. The van der Waals surface area contributed by atoms with Crippen molar-refractivity contribution in [3.63, 3.8) is 0 Å². The first-order chi connectivity index (χ1) is 10.1. The molecule has 0 aliphatic rings. The Morgan fingerprint density at radius 1 is 1.33 bits per heavy atom. The average molecular weight is 305 g/mol. The number of nitrogens with zero attached hydrogens (tertiary/aromatic N) is 1. The van der Waals surface area contributed by atoms with E-state index in [4.69, 9.17) is 16.3 Å². The first kappa shape index (κ1) is 15.8. The van der Waals surface area contributed by atoms with Gasteiger partial charge in [0, 0.05) is 12.2 Å². The van der Waals surface area contributed by atoms with Gasteiger partial charge in [0.25, 0.3) is 0 Å². The molecular weight excluding hydrogens is 284 g/mol. The first-order valence-corrected chi connectivity index (χ1v) is 7.55. The summed E-state index contributed by atoms with van der Waals surface area (Å²) in [5.41, 5.74) is 3.20. The van der Waals surface area contributed by atoms with Crippen molar-refractivity contribution in [3.05, 3.63) is 58.4 Å². The highest BCUT2D eigenvalue weighted by Crippen LogP contribution is 2.28. The Hall–Kier alpha value is -1.58. The molecule has 1 unspecified atom stereocenters. The van der Waals surface area contributed by atoms with E-state index in [1.54, 1.807) is 6.20 Å². The predicted octanol–water partition coefficient (Wildman–Crippen LogP) is 4.29. The van der Waals surface area contributed by atoms with Crippen LogP contribution in [-0.4, -0.2) is 11.5 Å². The highest BCUT2D eigenvalue weighted by molar-refractivity contribution is 6.32. The van der Waals surface area contributed by atoms with Crippen LogP contribution in [0.25, 0.3) is 0 Å². The molecular formula is C17H21ClN2O. The summed E-state index contributed by atoms with van der Waals surface area (Å²) in [7, 11) is 0. The molecule has 0 saturated heterocycles. The van der Waals surface area contributed by atoms with Gasteiger partial charge in [-0.2, -0.15) is 0 Å². The molecule has 3 nitrogen and oxygen atoms in total. The molecule has 0 saturated carbocycles. The van der Waals surface area contributed by atoms with E-state index in [1.165, 1.54) is 0 Å². The number of rotatable bonds is 6. The lowest BCUT2D eigenvalue weighted by atomic mass is 10.1. The maximum atomic E-state index is 6.31. The summed E-state index contributed by atoms with van der Waals surface area (Å²) in [6, 6.07) is 10.1. The molecule has 1 heterocycles. The third-order valence-corrected chi connectivity index (χ3v) is 3.74. The lowest BCUT2D eigenvalue weighted by Crippen LogP contribution is -2.17. The zero-order chi connectivity index (χ0) is 15.2. The van der Waals surface area contributed by atoms with Crippen molar-refractivity contribution in [2.75, 3.05) is 6.54 Å². The second-order valence-corrected chi connectivity index (χ2v) is 5.43. The third kappa shape index (κ3) is 4.19. The van der Waals surface area contributed by atoms with Gasteiger partial charge in [0.2, 0.25) is 0 Å². The molecule has 0 aliphatic heterocycles. The van der Waals surface area contributed by atoms with E-state index >= 15 is 0 Å². The molecule has 0 amide bonds. The van der Waals surface area contributed by atoms with Crippen LogP contribution in [-0.2, 0) is 6.61 Å². The molecule has 4 heteroatoms. The number of hydrogen-bond acceptors (Lipinski definition) is 3. The SMILES string of the molecule is CCNC(C)c1ccc(OCc2ncccc2C)c(Cl)c1. The standard InChI is InChI=1S/C17H21ClN2O/c1-4-19-13(3)14-7-8-17(15(18)10-14)21-11-16-12(2)6-5-9-20-16/h5-10,13,19H,4,11H2,1-3H3. The van der Waals surface area contributed by atoms with Crippen molar-refractivity contribution in [2.45, 2.75) is 33.4 Å². The van der Waals surface area contributed by atoms with Gasteiger partial charge in [-0.1, -0.05) is 30.7 Å². The van der Waals surface area contributed by atoms with Crippen LogP contribution in [0.15, 0.2) is 36.5 Å². The highest BCUT2D eigenvalue weighted by atomic mass is 35.5. The van der Waals surface area contributed by atoms with Crippen LogP contribution < -0.4 is 10.1 Å². The summed E-state index contributed by atoms with van der Waals surface area (Å²) >= 11 is 6.31. The molecule has 1 atom stereocenters. The number of nitrogens with one attached hydrogen (secondary N) is 1.